The maximum atomic E-state index is 12.0. The molecule has 2 fully saturated rings. The molecule has 0 amide bonds. The summed E-state index contributed by atoms with van der Waals surface area (Å²) in [7, 11) is 1.82. The number of rotatable bonds is 2. The second-order valence-corrected chi connectivity index (χ2v) is 5.78. The number of aromatic amines is 1. The first-order valence-corrected chi connectivity index (χ1v) is 6.85. The van der Waals surface area contributed by atoms with Gasteiger partial charge in [0.25, 0.3) is 5.56 Å². The summed E-state index contributed by atoms with van der Waals surface area (Å²) < 4.78 is 1.66. The summed E-state index contributed by atoms with van der Waals surface area (Å²) in [6.07, 6.45) is 5.55. The third kappa shape index (κ3) is 1.70. The summed E-state index contributed by atoms with van der Waals surface area (Å²) >= 11 is 0. The van der Waals surface area contributed by atoms with Crippen LogP contribution in [0.4, 0.5) is 0 Å². The van der Waals surface area contributed by atoms with Gasteiger partial charge in [-0.05, 0) is 25.2 Å². The van der Waals surface area contributed by atoms with Crippen molar-refractivity contribution in [2.75, 3.05) is 6.54 Å². The maximum Gasteiger partial charge on any atom is 0.262 e. The van der Waals surface area contributed by atoms with Crippen LogP contribution in [0.15, 0.2) is 11.0 Å². The Morgan fingerprint density at radius 1 is 1.47 bits per heavy atom. The van der Waals surface area contributed by atoms with Gasteiger partial charge in [0, 0.05) is 19.6 Å². The number of fused-ring (bicyclic) bond motifs is 3. The molecule has 1 aliphatic heterocycles. The van der Waals surface area contributed by atoms with Crippen molar-refractivity contribution in [3.8, 4) is 0 Å². The van der Waals surface area contributed by atoms with Crippen LogP contribution >= 0.6 is 0 Å². The van der Waals surface area contributed by atoms with E-state index in [1.807, 2.05) is 7.05 Å². The molecule has 0 aromatic carbocycles. The van der Waals surface area contributed by atoms with Crippen molar-refractivity contribution in [1.29, 1.82) is 0 Å². The molecule has 1 N–H and O–H groups in total. The van der Waals surface area contributed by atoms with Crippen molar-refractivity contribution in [3.05, 3.63) is 22.4 Å². The first-order valence-electron chi connectivity index (χ1n) is 6.85. The Morgan fingerprint density at radius 2 is 2.37 bits per heavy atom. The largest absolute Gasteiger partial charge is 0.309 e. The second kappa shape index (κ2) is 3.90. The Bertz CT molecular complexity index is 688. The first kappa shape index (κ1) is 11.2. The lowest BCUT2D eigenvalue weighted by Crippen LogP contribution is -2.32. The highest BCUT2D eigenvalue weighted by Gasteiger charge is 2.37. The number of nitrogens with zero attached hydrogens (tertiary/aromatic N) is 4. The van der Waals surface area contributed by atoms with Crippen LogP contribution < -0.4 is 5.56 Å². The van der Waals surface area contributed by atoms with Gasteiger partial charge in [-0.3, -0.25) is 14.4 Å². The zero-order valence-corrected chi connectivity index (χ0v) is 11.0. The summed E-state index contributed by atoms with van der Waals surface area (Å²) in [5.74, 6) is 1.62. The molecule has 0 radical (unpaired) electrons. The van der Waals surface area contributed by atoms with Crippen LogP contribution in [0, 0.1) is 5.92 Å². The van der Waals surface area contributed by atoms with Crippen molar-refractivity contribution in [2.45, 2.75) is 31.8 Å². The lowest BCUT2D eigenvalue weighted by Gasteiger charge is -2.25. The fourth-order valence-corrected chi connectivity index (χ4v) is 3.57. The SMILES string of the molecule is Cn1ncc2c(=O)[nH]c(CN3CC4CCC3C4)nc21. The Labute approximate surface area is 110 Å². The third-order valence-corrected chi connectivity index (χ3v) is 4.53. The standard InChI is InChI=1S/C13H17N5O/c1-17-12-10(5-14-17)13(19)16-11(15-12)7-18-6-8-2-3-9(18)4-8/h5,8-9H,2-4,6-7H2,1H3,(H,15,16,19). The van der Waals surface area contributed by atoms with E-state index >= 15 is 0 Å². The molecule has 1 saturated carbocycles. The average molecular weight is 259 g/mol. The molecule has 19 heavy (non-hydrogen) atoms. The fourth-order valence-electron chi connectivity index (χ4n) is 3.57. The first-order chi connectivity index (χ1) is 9.20. The topological polar surface area (TPSA) is 66.8 Å². The number of likely N-dealkylation sites (tertiary alicyclic amines) is 1. The van der Waals surface area contributed by atoms with E-state index in [9.17, 15) is 4.79 Å². The molecular weight excluding hydrogens is 242 g/mol. The highest BCUT2D eigenvalue weighted by molar-refractivity contribution is 5.72. The van der Waals surface area contributed by atoms with Crippen molar-refractivity contribution < 1.29 is 0 Å². The molecule has 1 aliphatic carbocycles. The molecule has 1 saturated heterocycles. The lowest BCUT2D eigenvalue weighted by atomic mass is 10.1. The van der Waals surface area contributed by atoms with Gasteiger partial charge in [0.2, 0.25) is 0 Å². The van der Waals surface area contributed by atoms with Crippen LogP contribution in [0.2, 0.25) is 0 Å². The van der Waals surface area contributed by atoms with Gasteiger partial charge in [-0.15, -0.1) is 0 Å². The van der Waals surface area contributed by atoms with E-state index in [0.29, 0.717) is 17.1 Å². The number of piperidine rings is 1. The van der Waals surface area contributed by atoms with Crippen LogP contribution in [0.25, 0.3) is 11.0 Å². The van der Waals surface area contributed by atoms with Crippen LogP contribution in [0.3, 0.4) is 0 Å². The minimum Gasteiger partial charge on any atom is -0.309 e. The minimum atomic E-state index is -0.0857. The van der Waals surface area contributed by atoms with Crippen LogP contribution in [-0.4, -0.2) is 37.2 Å². The summed E-state index contributed by atoms with van der Waals surface area (Å²) in [6.45, 7) is 1.90. The lowest BCUT2D eigenvalue weighted by molar-refractivity contribution is 0.200. The molecule has 2 aromatic heterocycles. The van der Waals surface area contributed by atoms with Gasteiger partial charge in [0.1, 0.15) is 11.2 Å². The fraction of sp³-hybridized carbons (Fsp3) is 0.615. The van der Waals surface area contributed by atoms with Gasteiger partial charge >= 0.3 is 0 Å². The molecule has 2 aliphatic rings. The van der Waals surface area contributed by atoms with E-state index in [2.05, 4.69) is 20.0 Å². The average Bonchev–Trinajstić information content (AvgIpc) is 3.06. The van der Waals surface area contributed by atoms with Crippen molar-refractivity contribution in [1.82, 2.24) is 24.6 Å². The van der Waals surface area contributed by atoms with Gasteiger partial charge < -0.3 is 4.98 Å². The van der Waals surface area contributed by atoms with Crippen molar-refractivity contribution in [3.63, 3.8) is 0 Å². The Balaban J connectivity index is 1.68. The molecular formula is C13H17N5O. The summed E-state index contributed by atoms with van der Waals surface area (Å²) in [5.41, 5.74) is 0.584. The summed E-state index contributed by atoms with van der Waals surface area (Å²) in [4.78, 5) is 21.9. The molecule has 2 atom stereocenters. The highest BCUT2D eigenvalue weighted by atomic mass is 16.1. The normalized spacial score (nSPS) is 26.6. The second-order valence-electron chi connectivity index (χ2n) is 5.78. The number of hydrogen-bond acceptors (Lipinski definition) is 4. The molecule has 6 heteroatoms. The number of aromatic nitrogens is 4. The summed E-state index contributed by atoms with van der Waals surface area (Å²) in [5, 5.41) is 4.65. The Kier molecular flexibility index (Phi) is 2.29. The van der Waals surface area contributed by atoms with Gasteiger partial charge in [-0.25, -0.2) is 4.98 Å². The number of nitrogens with one attached hydrogen (secondary N) is 1. The molecule has 4 rings (SSSR count). The molecule has 3 heterocycles. The number of H-pyrrole nitrogens is 1. The van der Waals surface area contributed by atoms with Crippen LogP contribution in [-0.2, 0) is 13.6 Å². The molecule has 2 unspecified atom stereocenters. The Hall–Kier alpha value is -1.69. The smallest absolute Gasteiger partial charge is 0.262 e. The van der Waals surface area contributed by atoms with Gasteiger partial charge in [0.15, 0.2) is 5.65 Å². The van der Waals surface area contributed by atoms with E-state index in [0.717, 1.165) is 24.8 Å². The van der Waals surface area contributed by atoms with Gasteiger partial charge in [-0.2, -0.15) is 5.10 Å². The van der Waals surface area contributed by atoms with E-state index in [4.69, 9.17) is 0 Å². The number of hydrogen-bond donors (Lipinski definition) is 1. The molecule has 0 spiro atoms. The maximum absolute atomic E-state index is 12.0. The molecule has 100 valence electrons. The van der Waals surface area contributed by atoms with E-state index < -0.39 is 0 Å². The predicted molar refractivity (Wildman–Crippen MR) is 70.7 cm³/mol. The van der Waals surface area contributed by atoms with E-state index in [1.165, 1.54) is 19.3 Å². The minimum absolute atomic E-state index is 0.0857. The van der Waals surface area contributed by atoms with Crippen molar-refractivity contribution >= 4 is 11.0 Å². The van der Waals surface area contributed by atoms with Crippen LogP contribution in [0.1, 0.15) is 25.1 Å². The quantitative estimate of drug-likeness (QED) is 0.859. The monoisotopic (exact) mass is 259 g/mol. The van der Waals surface area contributed by atoms with E-state index in [-0.39, 0.29) is 5.56 Å². The van der Waals surface area contributed by atoms with Gasteiger partial charge in [-0.1, -0.05) is 0 Å². The van der Waals surface area contributed by atoms with E-state index in [1.54, 1.807) is 10.9 Å². The zero-order chi connectivity index (χ0) is 13.0. The third-order valence-electron chi connectivity index (χ3n) is 4.53. The Morgan fingerprint density at radius 3 is 3.11 bits per heavy atom. The van der Waals surface area contributed by atoms with Crippen LogP contribution in [0.5, 0.6) is 0 Å². The zero-order valence-electron chi connectivity index (χ0n) is 11.0. The molecule has 6 nitrogen and oxygen atoms in total. The highest BCUT2D eigenvalue weighted by Crippen LogP contribution is 2.37. The molecule has 2 bridgehead atoms. The summed E-state index contributed by atoms with van der Waals surface area (Å²) in [6, 6.07) is 0.692. The van der Waals surface area contributed by atoms with Gasteiger partial charge in [0.05, 0.1) is 12.7 Å². The molecule has 2 aromatic rings. The predicted octanol–water partition coefficient (Wildman–Crippen LogP) is 0.641. The van der Waals surface area contributed by atoms with Crippen molar-refractivity contribution in [2.24, 2.45) is 13.0 Å². The number of aryl methyl sites for hydroxylation is 1.